The zero-order valence-corrected chi connectivity index (χ0v) is 13.6. The first-order valence-electron chi connectivity index (χ1n) is 6.75. The van der Waals surface area contributed by atoms with Crippen molar-refractivity contribution in [2.45, 2.75) is 37.8 Å². The van der Waals surface area contributed by atoms with E-state index in [0.717, 1.165) is 23.7 Å². The van der Waals surface area contributed by atoms with Crippen LogP contribution in [0.15, 0.2) is 35.2 Å². The second-order valence-corrected chi connectivity index (χ2v) is 6.65. The number of thioether (sulfide) groups is 1. The summed E-state index contributed by atoms with van der Waals surface area (Å²) in [6.07, 6.45) is 0.935. The Hall–Kier alpha value is -1.06. The molecule has 0 amide bonds. The van der Waals surface area contributed by atoms with E-state index >= 15 is 0 Å². The van der Waals surface area contributed by atoms with Gasteiger partial charge < -0.3 is 0 Å². The van der Waals surface area contributed by atoms with Gasteiger partial charge >= 0.3 is 0 Å². The van der Waals surface area contributed by atoms with Crippen molar-refractivity contribution < 1.29 is 0 Å². The molecule has 0 aliphatic rings. The van der Waals surface area contributed by atoms with Crippen LogP contribution in [0.5, 0.6) is 0 Å². The monoisotopic (exact) mass is 306 g/mol. The van der Waals surface area contributed by atoms with Crippen molar-refractivity contribution >= 4 is 23.4 Å². The molecule has 20 heavy (non-hydrogen) atoms. The summed E-state index contributed by atoms with van der Waals surface area (Å²) in [4.78, 5) is 10.2. The van der Waals surface area contributed by atoms with Crippen molar-refractivity contribution in [1.82, 2.24) is 9.97 Å². The molecule has 0 aliphatic carbocycles. The minimum absolute atomic E-state index is 0.538. The van der Waals surface area contributed by atoms with Gasteiger partial charge in [-0.25, -0.2) is 9.97 Å². The minimum Gasteiger partial charge on any atom is -0.237 e. The largest absolute Gasteiger partial charge is 0.237 e. The summed E-state index contributed by atoms with van der Waals surface area (Å²) < 4.78 is 0. The number of aryl methyl sites for hydroxylation is 1. The predicted molar refractivity (Wildman–Crippen MR) is 86.3 cm³/mol. The molecule has 106 valence electrons. The van der Waals surface area contributed by atoms with E-state index in [9.17, 15) is 0 Å². The summed E-state index contributed by atoms with van der Waals surface area (Å²) in [5, 5.41) is 0.538. The van der Waals surface area contributed by atoms with Crippen molar-refractivity contribution in [3.63, 3.8) is 0 Å². The number of hydrogen-bond donors (Lipinski definition) is 0. The highest BCUT2D eigenvalue weighted by molar-refractivity contribution is 7.98. The van der Waals surface area contributed by atoms with Crippen LogP contribution in [0.4, 0.5) is 0 Å². The average molecular weight is 307 g/mol. The van der Waals surface area contributed by atoms with E-state index in [4.69, 9.17) is 11.6 Å². The molecule has 0 saturated heterocycles. The van der Waals surface area contributed by atoms with Crippen LogP contribution in [0.1, 0.15) is 30.9 Å². The second kappa shape index (κ2) is 7.09. The van der Waals surface area contributed by atoms with E-state index in [1.807, 2.05) is 6.07 Å². The number of hydrogen-bond acceptors (Lipinski definition) is 3. The van der Waals surface area contributed by atoms with Crippen molar-refractivity contribution in [2.24, 2.45) is 5.92 Å². The molecule has 0 saturated carbocycles. The average Bonchev–Trinajstić information content (AvgIpc) is 2.36. The predicted octanol–water partition coefficient (Wildman–Crippen LogP) is 4.93. The highest BCUT2D eigenvalue weighted by Gasteiger charge is 2.07. The van der Waals surface area contributed by atoms with Gasteiger partial charge in [-0.1, -0.05) is 43.6 Å². The van der Waals surface area contributed by atoms with Gasteiger partial charge in [0, 0.05) is 10.6 Å². The molecule has 1 aromatic carbocycles. The van der Waals surface area contributed by atoms with Gasteiger partial charge in [-0.15, -0.1) is 11.8 Å². The molecule has 0 radical (unpaired) electrons. The van der Waals surface area contributed by atoms with Gasteiger partial charge in [0.2, 0.25) is 0 Å². The number of aromatic nitrogens is 2. The molecule has 1 aromatic heterocycles. The lowest BCUT2D eigenvalue weighted by atomic mass is 10.1. The molecule has 0 atom stereocenters. The zero-order valence-electron chi connectivity index (χ0n) is 12.1. The summed E-state index contributed by atoms with van der Waals surface area (Å²) in [5.74, 6) is 2.12. The molecular formula is C16H19ClN2S. The maximum Gasteiger partial charge on any atom is 0.140 e. The van der Waals surface area contributed by atoms with E-state index in [1.165, 1.54) is 10.5 Å². The van der Waals surface area contributed by atoms with E-state index in [1.54, 1.807) is 11.8 Å². The number of rotatable bonds is 5. The molecule has 1 heterocycles. The standard InChI is InChI=1S/C16H19ClN2S/c1-11(2)8-13-9-15(17)19-16(18-13)10-20-14-7-5-4-6-12(14)3/h4-7,9,11H,8,10H2,1-3H3. The van der Waals surface area contributed by atoms with E-state index < -0.39 is 0 Å². The van der Waals surface area contributed by atoms with Crippen LogP contribution in [0, 0.1) is 12.8 Å². The zero-order chi connectivity index (χ0) is 14.5. The third kappa shape index (κ3) is 4.50. The molecule has 0 bridgehead atoms. The first-order valence-corrected chi connectivity index (χ1v) is 8.11. The van der Waals surface area contributed by atoms with E-state index in [-0.39, 0.29) is 0 Å². The third-order valence-electron chi connectivity index (χ3n) is 2.86. The maximum absolute atomic E-state index is 6.09. The first kappa shape index (κ1) is 15.3. The summed E-state index contributed by atoms with van der Waals surface area (Å²) in [6.45, 7) is 6.47. The fourth-order valence-corrected chi connectivity index (χ4v) is 3.07. The van der Waals surface area contributed by atoms with Crippen LogP contribution in [0.2, 0.25) is 5.15 Å². The minimum atomic E-state index is 0.538. The lowest BCUT2D eigenvalue weighted by molar-refractivity contribution is 0.632. The van der Waals surface area contributed by atoms with Crippen LogP contribution in [-0.2, 0) is 12.2 Å². The van der Waals surface area contributed by atoms with Gasteiger partial charge in [-0.2, -0.15) is 0 Å². The van der Waals surface area contributed by atoms with Crippen LogP contribution < -0.4 is 0 Å². The van der Waals surface area contributed by atoms with Crippen molar-refractivity contribution in [2.75, 3.05) is 0 Å². The highest BCUT2D eigenvalue weighted by Crippen LogP contribution is 2.25. The summed E-state index contributed by atoms with van der Waals surface area (Å²) in [7, 11) is 0. The Labute approximate surface area is 130 Å². The van der Waals surface area contributed by atoms with Gasteiger partial charge in [-0.05, 0) is 37.0 Å². The Morgan fingerprint density at radius 1 is 1.20 bits per heavy atom. The molecule has 2 nitrogen and oxygen atoms in total. The van der Waals surface area contributed by atoms with E-state index in [0.29, 0.717) is 11.1 Å². The quantitative estimate of drug-likeness (QED) is 0.578. The van der Waals surface area contributed by atoms with Crippen molar-refractivity contribution in [1.29, 1.82) is 0 Å². The Kier molecular flexibility index (Phi) is 5.44. The molecule has 4 heteroatoms. The lowest BCUT2D eigenvalue weighted by Gasteiger charge is -2.08. The molecule has 0 aliphatic heterocycles. The van der Waals surface area contributed by atoms with E-state index in [2.05, 4.69) is 55.0 Å². The Balaban J connectivity index is 2.09. The van der Waals surface area contributed by atoms with Crippen molar-refractivity contribution in [3.8, 4) is 0 Å². The summed E-state index contributed by atoms with van der Waals surface area (Å²) in [6, 6.07) is 10.2. The Morgan fingerprint density at radius 3 is 2.65 bits per heavy atom. The summed E-state index contributed by atoms with van der Waals surface area (Å²) in [5.41, 5.74) is 2.31. The molecule has 2 rings (SSSR count). The topological polar surface area (TPSA) is 25.8 Å². The summed E-state index contributed by atoms with van der Waals surface area (Å²) >= 11 is 7.84. The van der Waals surface area contributed by atoms with Gasteiger partial charge in [0.25, 0.3) is 0 Å². The molecule has 0 fully saturated rings. The normalized spacial score (nSPS) is 11.1. The number of benzene rings is 1. The Bertz CT molecular complexity index is 584. The SMILES string of the molecule is Cc1ccccc1SCc1nc(Cl)cc(CC(C)C)n1. The molecule has 0 spiro atoms. The lowest BCUT2D eigenvalue weighted by Crippen LogP contribution is -2.02. The van der Waals surface area contributed by atoms with Crippen LogP contribution in [-0.4, -0.2) is 9.97 Å². The van der Waals surface area contributed by atoms with Crippen LogP contribution in [0.3, 0.4) is 0 Å². The van der Waals surface area contributed by atoms with Crippen LogP contribution in [0.25, 0.3) is 0 Å². The fraction of sp³-hybridized carbons (Fsp3) is 0.375. The first-order chi connectivity index (χ1) is 9.54. The smallest absolute Gasteiger partial charge is 0.140 e. The molecule has 2 aromatic rings. The number of halogens is 1. The maximum atomic E-state index is 6.09. The Morgan fingerprint density at radius 2 is 1.95 bits per heavy atom. The number of nitrogens with zero attached hydrogens (tertiary/aromatic N) is 2. The van der Waals surface area contributed by atoms with Gasteiger partial charge in [0.15, 0.2) is 0 Å². The third-order valence-corrected chi connectivity index (χ3v) is 4.23. The molecular weight excluding hydrogens is 288 g/mol. The van der Waals surface area contributed by atoms with Crippen LogP contribution >= 0.6 is 23.4 Å². The molecule has 0 unspecified atom stereocenters. The molecule has 0 N–H and O–H groups in total. The van der Waals surface area contributed by atoms with Gasteiger partial charge in [0.1, 0.15) is 11.0 Å². The fourth-order valence-electron chi connectivity index (χ4n) is 1.96. The van der Waals surface area contributed by atoms with Crippen molar-refractivity contribution in [3.05, 3.63) is 52.6 Å². The van der Waals surface area contributed by atoms with Gasteiger partial charge in [-0.3, -0.25) is 0 Å². The second-order valence-electron chi connectivity index (χ2n) is 5.25. The van der Waals surface area contributed by atoms with Gasteiger partial charge in [0.05, 0.1) is 5.75 Å². The highest BCUT2D eigenvalue weighted by atomic mass is 35.5.